The van der Waals surface area contributed by atoms with E-state index in [1.807, 2.05) is 42.6 Å². The summed E-state index contributed by atoms with van der Waals surface area (Å²) in [5.41, 5.74) is 2.90. The topological polar surface area (TPSA) is 89.7 Å². The van der Waals surface area contributed by atoms with E-state index in [9.17, 15) is 8.78 Å². The van der Waals surface area contributed by atoms with Crippen LogP contribution >= 0.6 is 0 Å². The average molecular weight is 546 g/mol. The molecule has 1 fully saturated rings. The summed E-state index contributed by atoms with van der Waals surface area (Å²) < 4.78 is 40.5. The number of nitrogens with zero attached hydrogens (tertiary/aromatic N) is 6. The molecule has 0 amide bonds. The predicted octanol–water partition coefficient (Wildman–Crippen LogP) is 5.51. The minimum Gasteiger partial charge on any atom is -0.497 e. The molecule has 4 aromatic heterocycles. The molecule has 206 valence electrons. The molecule has 0 aliphatic carbocycles. The first-order chi connectivity index (χ1) is 19.4. The van der Waals surface area contributed by atoms with Crippen LogP contribution in [0.2, 0.25) is 0 Å². The van der Waals surface area contributed by atoms with Crippen molar-refractivity contribution in [2.24, 2.45) is 0 Å². The third-order valence-corrected chi connectivity index (χ3v) is 6.98. The third kappa shape index (κ3) is 5.12. The number of pyridine rings is 3. The minimum absolute atomic E-state index is 0.123. The van der Waals surface area contributed by atoms with Gasteiger partial charge in [-0.05, 0) is 49.7 Å². The fourth-order valence-corrected chi connectivity index (χ4v) is 5.10. The lowest BCUT2D eigenvalue weighted by atomic mass is 10.1. The number of methoxy groups -OCH3 is 1. The molecule has 5 aromatic rings. The number of morpholine rings is 1. The molecule has 6 rings (SSSR count). The smallest absolute Gasteiger partial charge is 0.281 e. The van der Waals surface area contributed by atoms with Gasteiger partial charge in [0.25, 0.3) is 6.43 Å². The maximum atomic E-state index is 13.8. The van der Waals surface area contributed by atoms with Crippen molar-refractivity contribution >= 4 is 27.9 Å². The van der Waals surface area contributed by atoms with Crippen molar-refractivity contribution < 1.29 is 18.3 Å². The normalized spacial score (nSPS) is 17.6. The standard InChI is InChI=1S/C29H29F2N7O2/c1-17-14-37(15-18(2)40-17)20-6-9-26-35-29(36-38(26)16-20)24-13-34-27(28(30)31)23-12-33-25(10-22(23)24)32-11-19-4-7-21(39-3)8-5-19/h4-10,12-13,16-18,28H,11,14-15H2,1-3H3,(H,32,33)/t17-,18+. The second kappa shape index (κ2) is 10.6. The van der Waals surface area contributed by atoms with E-state index in [1.54, 1.807) is 17.7 Å². The Morgan fingerprint density at radius 2 is 1.80 bits per heavy atom. The van der Waals surface area contributed by atoms with Crippen LogP contribution in [0.1, 0.15) is 31.5 Å². The maximum absolute atomic E-state index is 13.8. The molecule has 9 nitrogen and oxygen atoms in total. The molecule has 40 heavy (non-hydrogen) atoms. The van der Waals surface area contributed by atoms with Gasteiger partial charge in [-0.2, -0.15) is 0 Å². The van der Waals surface area contributed by atoms with Crippen LogP contribution in [0.4, 0.5) is 20.3 Å². The van der Waals surface area contributed by atoms with Crippen molar-refractivity contribution in [2.75, 3.05) is 30.4 Å². The van der Waals surface area contributed by atoms with Gasteiger partial charge >= 0.3 is 0 Å². The number of halogens is 2. The quantitative estimate of drug-likeness (QED) is 0.286. The first-order valence-corrected chi connectivity index (χ1v) is 13.1. The molecule has 11 heteroatoms. The van der Waals surface area contributed by atoms with Crippen LogP contribution in [-0.4, -0.2) is 57.0 Å². The number of benzene rings is 1. The average Bonchev–Trinajstić information content (AvgIpc) is 3.38. The van der Waals surface area contributed by atoms with Gasteiger partial charge in [0, 0.05) is 48.4 Å². The molecular weight excluding hydrogens is 516 g/mol. The first-order valence-electron chi connectivity index (χ1n) is 13.1. The third-order valence-electron chi connectivity index (χ3n) is 6.98. The van der Waals surface area contributed by atoms with Crippen LogP contribution in [0.25, 0.3) is 27.8 Å². The molecule has 5 heterocycles. The molecule has 1 aliphatic rings. The van der Waals surface area contributed by atoms with Crippen LogP contribution in [0, 0.1) is 0 Å². The Bertz CT molecular complexity index is 1650. The molecule has 1 saturated heterocycles. The molecule has 0 spiro atoms. The Kier molecular flexibility index (Phi) is 6.89. The Hall–Kier alpha value is -4.38. The van der Waals surface area contributed by atoms with Gasteiger partial charge in [-0.3, -0.25) is 4.98 Å². The van der Waals surface area contributed by atoms with Crippen molar-refractivity contribution in [1.82, 2.24) is 24.6 Å². The van der Waals surface area contributed by atoms with Crippen molar-refractivity contribution in [3.8, 4) is 17.1 Å². The molecule has 2 atom stereocenters. The van der Waals surface area contributed by atoms with Crippen LogP contribution in [0.3, 0.4) is 0 Å². The van der Waals surface area contributed by atoms with Crippen molar-refractivity contribution in [3.63, 3.8) is 0 Å². The zero-order chi connectivity index (χ0) is 27.8. The van der Waals surface area contributed by atoms with E-state index in [0.29, 0.717) is 34.8 Å². The number of hydrogen-bond donors (Lipinski definition) is 1. The fraction of sp³-hybridized carbons (Fsp3) is 0.310. The Morgan fingerprint density at radius 3 is 2.52 bits per heavy atom. The van der Waals surface area contributed by atoms with Gasteiger partial charge in [0.2, 0.25) is 0 Å². The number of anilines is 2. The highest BCUT2D eigenvalue weighted by Crippen LogP contribution is 2.33. The maximum Gasteiger partial charge on any atom is 0.281 e. The molecule has 1 aromatic carbocycles. The summed E-state index contributed by atoms with van der Waals surface area (Å²) in [5.74, 6) is 1.70. The monoisotopic (exact) mass is 545 g/mol. The van der Waals surface area contributed by atoms with Crippen LogP contribution in [0.5, 0.6) is 5.75 Å². The van der Waals surface area contributed by atoms with Crippen molar-refractivity contribution in [3.05, 3.63) is 72.3 Å². The number of rotatable bonds is 7. The lowest BCUT2D eigenvalue weighted by molar-refractivity contribution is -0.00524. The number of aromatic nitrogens is 5. The molecule has 0 radical (unpaired) electrons. The largest absolute Gasteiger partial charge is 0.497 e. The second-order valence-electron chi connectivity index (χ2n) is 9.96. The van der Waals surface area contributed by atoms with Gasteiger partial charge < -0.3 is 19.7 Å². The number of fused-ring (bicyclic) bond motifs is 2. The van der Waals surface area contributed by atoms with Gasteiger partial charge in [0.05, 0.1) is 31.2 Å². The van der Waals surface area contributed by atoms with Gasteiger partial charge in [-0.25, -0.2) is 23.3 Å². The number of hydrogen-bond acceptors (Lipinski definition) is 8. The Balaban J connectivity index is 1.35. The number of ether oxygens (including phenoxy) is 2. The second-order valence-corrected chi connectivity index (χ2v) is 9.96. The summed E-state index contributed by atoms with van der Waals surface area (Å²) in [5, 5.41) is 8.79. The predicted molar refractivity (Wildman–Crippen MR) is 149 cm³/mol. The van der Waals surface area contributed by atoms with E-state index in [2.05, 4.69) is 34.0 Å². The summed E-state index contributed by atoms with van der Waals surface area (Å²) in [6.45, 7) is 6.18. The Labute approximate surface area is 229 Å². The minimum atomic E-state index is -2.74. The van der Waals surface area contributed by atoms with Crippen molar-refractivity contribution in [1.29, 1.82) is 0 Å². The van der Waals surface area contributed by atoms with Gasteiger partial charge in [0.15, 0.2) is 11.5 Å². The molecule has 1 aliphatic heterocycles. The molecular formula is C29H29F2N7O2. The van der Waals surface area contributed by atoms with E-state index >= 15 is 0 Å². The van der Waals surface area contributed by atoms with Gasteiger partial charge in [0.1, 0.15) is 17.3 Å². The fourth-order valence-electron chi connectivity index (χ4n) is 5.10. The van der Waals surface area contributed by atoms with Gasteiger partial charge in [-0.1, -0.05) is 12.1 Å². The SMILES string of the molecule is COc1ccc(CNc2cc3c(-c4nc5ccc(N6C[C@@H](C)O[C@@H](C)C6)cn5n4)cnc(C(F)F)c3cn2)cc1. The van der Waals surface area contributed by atoms with Gasteiger partial charge in [-0.15, -0.1) is 5.10 Å². The number of nitrogens with one attached hydrogen (secondary N) is 1. The van der Waals surface area contributed by atoms with Crippen LogP contribution in [0.15, 0.2) is 61.1 Å². The zero-order valence-electron chi connectivity index (χ0n) is 22.4. The summed E-state index contributed by atoms with van der Waals surface area (Å²) >= 11 is 0. The molecule has 0 bridgehead atoms. The van der Waals surface area contributed by atoms with Crippen LogP contribution in [-0.2, 0) is 11.3 Å². The van der Waals surface area contributed by atoms with Crippen LogP contribution < -0.4 is 15.0 Å². The highest BCUT2D eigenvalue weighted by atomic mass is 19.3. The van der Waals surface area contributed by atoms with E-state index in [0.717, 1.165) is 30.1 Å². The van der Waals surface area contributed by atoms with E-state index in [1.165, 1.54) is 12.4 Å². The van der Waals surface area contributed by atoms with E-state index in [4.69, 9.17) is 19.6 Å². The first kappa shape index (κ1) is 25.9. The summed E-state index contributed by atoms with van der Waals surface area (Å²) in [7, 11) is 1.62. The lowest BCUT2D eigenvalue weighted by Crippen LogP contribution is -2.45. The Morgan fingerprint density at radius 1 is 1.02 bits per heavy atom. The molecule has 1 N–H and O–H groups in total. The summed E-state index contributed by atoms with van der Waals surface area (Å²) in [6, 6.07) is 13.3. The lowest BCUT2D eigenvalue weighted by Gasteiger charge is -2.36. The molecule has 0 saturated carbocycles. The van der Waals surface area contributed by atoms with Crippen molar-refractivity contribution in [2.45, 2.75) is 39.0 Å². The highest BCUT2D eigenvalue weighted by Gasteiger charge is 2.23. The summed E-state index contributed by atoms with van der Waals surface area (Å²) in [4.78, 5) is 15.4. The van der Waals surface area contributed by atoms with E-state index in [-0.39, 0.29) is 23.3 Å². The zero-order valence-corrected chi connectivity index (χ0v) is 22.4. The number of alkyl halides is 2. The summed E-state index contributed by atoms with van der Waals surface area (Å²) in [6.07, 6.45) is 2.28. The highest BCUT2D eigenvalue weighted by molar-refractivity contribution is 5.97. The van der Waals surface area contributed by atoms with E-state index < -0.39 is 6.43 Å². The molecule has 0 unspecified atom stereocenters.